The number of rotatable bonds is 5. The van der Waals surface area contributed by atoms with Crippen LogP contribution in [0, 0.1) is 11.2 Å². The first-order valence-electron chi connectivity index (χ1n) is 5.72. The second-order valence-corrected chi connectivity index (χ2v) is 8.05. The van der Waals surface area contributed by atoms with Crippen LogP contribution in [-0.4, -0.2) is 20.8 Å². The van der Waals surface area contributed by atoms with E-state index in [1.54, 1.807) is 0 Å². The van der Waals surface area contributed by atoms with Crippen LogP contribution in [0.15, 0.2) is 18.2 Å². The summed E-state index contributed by atoms with van der Waals surface area (Å²) in [6, 6.07) is 2.21. The topological polar surface area (TPSA) is 43.4 Å². The number of halogens is 5. The van der Waals surface area contributed by atoms with E-state index in [-0.39, 0.29) is 12.4 Å². The zero-order valence-corrected chi connectivity index (χ0v) is 12.7. The summed E-state index contributed by atoms with van der Waals surface area (Å²) in [5.74, 6) is -2.02. The Hall–Kier alpha value is -1.02. The summed E-state index contributed by atoms with van der Waals surface area (Å²) in [6.07, 6.45) is -4.83. The van der Waals surface area contributed by atoms with Gasteiger partial charge in [0.1, 0.15) is 11.6 Å². The van der Waals surface area contributed by atoms with E-state index in [0.29, 0.717) is 12.1 Å². The van der Waals surface area contributed by atoms with E-state index in [4.69, 9.17) is 15.4 Å². The highest BCUT2D eigenvalue weighted by atomic mass is 35.7. The zero-order chi connectivity index (χ0) is 16.5. The van der Waals surface area contributed by atoms with Gasteiger partial charge in [0.15, 0.2) is 0 Å². The lowest BCUT2D eigenvalue weighted by atomic mass is 9.98. The molecule has 21 heavy (non-hydrogen) atoms. The average molecular weight is 349 g/mol. The standard InChI is InChI=1S/C12H13ClF4O3S/c1-11(2,7-21(13,18)19)6-20-8-3-4-10(14)9(5-8)12(15,16)17/h3-5H,6-7H2,1-2H3. The molecular weight excluding hydrogens is 336 g/mol. The number of ether oxygens (including phenoxy) is 1. The Balaban J connectivity index is 2.86. The molecule has 3 nitrogen and oxygen atoms in total. The van der Waals surface area contributed by atoms with E-state index in [0.717, 1.165) is 6.07 Å². The molecule has 0 aromatic heterocycles. The van der Waals surface area contributed by atoms with Gasteiger partial charge < -0.3 is 4.74 Å². The van der Waals surface area contributed by atoms with Gasteiger partial charge in [0, 0.05) is 16.1 Å². The normalized spacial score (nSPS) is 13.3. The summed E-state index contributed by atoms with van der Waals surface area (Å²) >= 11 is 0. The van der Waals surface area contributed by atoms with Crippen LogP contribution in [0.25, 0.3) is 0 Å². The highest BCUT2D eigenvalue weighted by Crippen LogP contribution is 2.34. The van der Waals surface area contributed by atoms with Crippen LogP contribution in [0.2, 0.25) is 0 Å². The van der Waals surface area contributed by atoms with E-state index in [1.165, 1.54) is 13.8 Å². The quantitative estimate of drug-likeness (QED) is 0.600. The molecule has 0 fully saturated rings. The molecule has 0 amide bonds. The molecule has 1 aromatic rings. The Kier molecular flexibility index (Phi) is 5.15. The minimum Gasteiger partial charge on any atom is -0.493 e. The van der Waals surface area contributed by atoms with Gasteiger partial charge >= 0.3 is 6.18 Å². The fourth-order valence-electron chi connectivity index (χ4n) is 1.60. The van der Waals surface area contributed by atoms with Gasteiger partial charge in [-0.3, -0.25) is 0 Å². The Bertz CT molecular complexity index is 611. The Labute approximate surface area is 124 Å². The van der Waals surface area contributed by atoms with Crippen LogP contribution in [0.5, 0.6) is 5.75 Å². The second-order valence-electron chi connectivity index (χ2n) is 5.28. The maximum Gasteiger partial charge on any atom is 0.419 e. The molecule has 0 N–H and O–H groups in total. The van der Waals surface area contributed by atoms with E-state index >= 15 is 0 Å². The van der Waals surface area contributed by atoms with Crippen molar-refractivity contribution in [3.63, 3.8) is 0 Å². The number of hydrogen-bond acceptors (Lipinski definition) is 3. The van der Waals surface area contributed by atoms with Crippen molar-refractivity contribution in [3.05, 3.63) is 29.6 Å². The first-order valence-corrected chi connectivity index (χ1v) is 8.20. The van der Waals surface area contributed by atoms with Gasteiger partial charge in [0.2, 0.25) is 9.05 Å². The maximum atomic E-state index is 13.1. The zero-order valence-electron chi connectivity index (χ0n) is 11.2. The fourth-order valence-corrected chi connectivity index (χ4v) is 3.50. The summed E-state index contributed by atoms with van der Waals surface area (Å²) in [4.78, 5) is 0. The molecule has 0 unspecified atom stereocenters. The third kappa shape index (κ3) is 6.09. The summed E-state index contributed by atoms with van der Waals surface area (Å²) in [7, 11) is 1.35. The molecular formula is C12H13ClF4O3S. The van der Waals surface area contributed by atoms with Crippen molar-refractivity contribution < 1.29 is 30.7 Å². The van der Waals surface area contributed by atoms with Crippen molar-refractivity contribution in [1.29, 1.82) is 0 Å². The van der Waals surface area contributed by atoms with Gasteiger partial charge in [0.25, 0.3) is 0 Å². The summed E-state index contributed by atoms with van der Waals surface area (Å²) in [6.45, 7) is 2.87. The Morgan fingerprint density at radius 2 is 1.81 bits per heavy atom. The first kappa shape index (κ1) is 18.0. The molecule has 0 aliphatic rings. The molecule has 1 aromatic carbocycles. The molecule has 0 radical (unpaired) electrons. The predicted octanol–water partition coefficient (Wildman–Crippen LogP) is 3.82. The molecule has 0 aliphatic carbocycles. The largest absolute Gasteiger partial charge is 0.493 e. The SMILES string of the molecule is CC(C)(COc1ccc(F)c(C(F)(F)F)c1)CS(=O)(=O)Cl. The molecule has 0 aliphatic heterocycles. The monoisotopic (exact) mass is 348 g/mol. The summed E-state index contributed by atoms with van der Waals surface area (Å²) < 4.78 is 77.8. The van der Waals surface area contributed by atoms with Crippen molar-refractivity contribution >= 4 is 19.7 Å². The number of hydrogen-bond donors (Lipinski definition) is 0. The third-order valence-electron chi connectivity index (χ3n) is 2.44. The lowest BCUT2D eigenvalue weighted by molar-refractivity contribution is -0.140. The third-order valence-corrected chi connectivity index (χ3v) is 3.89. The minimum absolute atomic E-state index is 0.193. The fraction of sp³-hybridized carbons (Fsp3) is 0.500. The van der Waals surface area contributed by atoms with Gasteiger partial charge in [-0.2, -0.15) is 13.2 Å². The minimum atomic E-state index is -4.83. The van der Waals surface area contributed by atoms with Crippen molar-refractivity contribution in [3.8, 4) is 5.75 Å². The molecule has 9 heteroatoms. The molecule has 0 saturated heterocycles. The second kappa shape index (κ2) is 6.00. The highest BCUT2D eigenvalue weighted by molar-refractivity contribution is 8.13. The maximum absolute atomic E-state index is 13.1. The van der Waals surface area contributed by atoms with Gasteiger partial charge in [-0.05, 0) is 18.2 Å². The van der Waals surface area contributed by atoms with Crippen LogP contribution in [0.3, 0.4) is 0 Å². The summed E-state index contributed by atoms with van der Waals surface area (Å²) in [5.41, 5.74) is -2.35. The number of alkyl halides is 3. The van der Waals surface area contributed by atoms with E-state index in [1.807, 2.05) is 0 Å². The van der Waals surface area contributed by atoms with Crippen molar-refractivity contribution in [2.75, 3.05) is 12.4 Å². The van der Waals surface area contributed by atoms with Gasteiger partial charge in [-0.15, -0.1) is 0 Å². The molecule has 120 valence electrons. The van der Waals surface area contributed by atoms with Crippen LogP contribution >= 0.6 is 10.7 Å². The van der Waals surface area contributed by atoms with Crippen LogP contribution in [0.4, 0.5) is 17.6 Å². The molecule has 0 spiro atoms. The van der Waals surface area contributed by atoms with Crippen LogP contribution in [0.1, 0.15) is 19.4 Å². The van der Waals surface area contributed by atoms with Crippen LogP contribution < -0.4 is 4.74 Å². The first-order chi connectivity index (χ1) is 9.30. The summed E-state index contributed by atoms with van der Waals surface area (Å²) in [5, 5.41) is 0. The van der Waals surface area contributed by atoms with Gasteiger partial charge in [0.05, 0.1) is 17.9 Å². The van der Waals surface area contributed by atoms with Crippen LogP contribution in [-0.2, 0) is 15.2 Å². The Morgan fingerprint density at radius 3 is 2.29 bits per heavy atom. The molecule has 0 bridgehead atoms. The van der Waals surface area contributed by atoms with E-state index in [2.05, 4.69) is 0 Å². The smallest absolute Gasteiger partial charge is 0.419 e. The molecule has 0 heterocycles. The number of benzene rings is 1. The van der Waals surface area contributed by atoms with Crippen molar-refractivity contribution in [2.24, 2.45) is 5.41 Å². The average Bonchev–Trinajstić information content (AvgIpc) is 2.23. The molecule has 0 saturated carbocycles. The lowest BCUT2D eigenvalue weighted by Crippen LogP contribution is -2.28. The van der Waals surface area contributed by atoms with Crippen molar-refractivity contribution in [1.82, 2.24) is 0 Å². The van der Waals surface area contributed by atoms with Gasteiger partial charge in [-0.25, -0.2) is 12.8 Å². The van der Waals surface area contributed by atoms with Gasteiger partial charge in [-0.1, -0.05) is 13.8 Å². The Morgan fingerprint density at radius 1 is 1.24 bits per heavy atom. The van der Waals surface area contributed by atoms with Crippen molar-refractivity contribution in [2.45, 2.75) is 20.0 Å². The highest BCUT2D eigenvalue weighted by Gasteiger charge is 2.34. The van der Waals surface area contributed by atoms with E-state index < -0.39 is 37.8 Å². The van der Waals surface area contributed by atoms with E-state index in [9.17, 15) is 26.0 Å². The lowest BCUT2D eigenvalue weighted by Gasteiger charge is -2.23. The molecule has 1 rings (SSSR count). The predicted molar refractivity (Wildman–Crippen MR) is 70.3 cm³/mol. The molecule has 0 atom stereocenters.